The molecule has 0 aliphatic heterocycles. The van der Waals surface area contributed by atoms with Gasteiger partial charge in [-0.2, -0.15) is 0 Å². The monoisotopic (exact) mass is 223 g/mol. The minimum Gasteiger partial charge on any atom is -0.508 e. The predicted octanol–water partition coefficient (Wildman–Crippen LogP) is 2.94. The molecule has 1 aromatic rings. The van der Waals surface area contributed by atoms with E-state index in [9.17, 15) is 10.2 Å². The molecular formula is C13H21NO2. The van der Waals surface area contributed by atoms with Crippen molar-refractivity contribution in [3.63, 3.8) is 0 Å². The van der Waals surface area contributed by atoms with E-state index in [-0.39, 0.29) is 17.5 Å². The van der Waals surface area contributed by atoms with Crippen molar-refractivity contribution in [1.82, 2.24) is 5.32 Å². The van der Waals surface area contributed by atoms with Crippen LogP contribution in [0.4, 0.5) is 0 Å². The van der Waals surface area contributed by atoms with Gasteiger partial charge in [-0.25, -0.2) is 0 Å². The second-order valence-corrected chi connectivity index (χ2v) is 4.13. The van der Waals surface area contributed by atoms with Crippen molar-refractivity contribution >= 4 is 0 Å². The summed E-state index contributed by atoms with van der Waals surface area (Å²) in [5.41, 5.74) is 0.747. The van der Waals surface area contributed by atoms with Crippen molar-refractivity contribution in [3.8, 4) is 11.5 Å². The summed E-state index contributed by atoms with van der Waals surface area (Å²) in [7, 11) is 0. The van der Waals surface area contributed by atoms with Crippen LogP contribution in [-0.2, 0) is 0 Å². The zero-order chi connectivity index (χ0) is 12.0. The Morgan fingerprint density at radius 3 is 2.69 bits per heavy atom. The maximum absolute atomic E-state index is 9.66. The lowest BCUT2D eigenvalue weighted by molar-refractivity contribution is 0.439. The van der Waals surface area contributed by atoms with Crippen LogP contribution in [-0.4, -0.2) is 16.8 Å². The standard InChI is InChI=1S/C13H21NO2/c1-3-4-5-8-14-10(2)12-9-11(15)6-7-13(12)16/h6-7,9-10,14-16H,3-5,8H2,1-2H3. The molecule has 0 spiro atoms. The van der Waals surface area contributed by atoms with Gasteiger partial charge in [0.1, 0.15) is 11.5 Å². The van der Waals surface area contributed by atoms with Gasteiger partial charge in [0.25, 0.3) is 0 Å². The molecule has 1 atom stereocenters. The molecule has 16 heavy (non-hydrogen) atoms. The summed E-state index contributed by atoms with van der Waals surface area (Å²) >= 11 is 0. The molecule has 3 N–H and O–H groups in total. The van der Waals surface area contributed by atoms with Gasteiger partial charge in [0, 0.05) is 11.6 Å². The van der Waals surface area contributed by atoms with E-state index in [0.717, 1.165) is 18.5 Å². The van der Waals surface area contributed by atoms with Crippen LogP contribution in [0.5, 0.6) is 11.5 Å². The molecule has 1 rings (SSSR count). The highest BCUT2D eigenvalue weighted by atomic mass is 16.3. The van der Waals surface area contributed by atoms with Crippen LogP contribution < -0.4 is 5.32 Å². The number of rotatable bonds is 6. The molecule has 0 amide bonds. The fraction of sp³-hybridized carbons (Fsp3) is 0.538. The highest BCUT2D eigenvalue weighted by molar-refractivity contribution is 5.40. The topological polar surface area (TPSA) is 52.5 Å². The van der Waals surface area contributed by atoms with E-state index in [1.54, 1.807) is 6.07 Å². The highest BCUT2D eigenvalue weighted by Gasteiger charge is 2.10. The average molecular weight is 223 g/mol. The summed E-state index contributed by atoms with van der Waals surface area (Å²) in [6.45, 7) is 5.09. The van der Waals surface area contributed by atoms with Crippen LogP contribution in [0.3, 0.4) is 0 Å². The molecule has 0 radical (unpaired) electrons. The van der Waals surface area contributed by atoms with Gasteiger partial charge in [0.15, 0.2) is 0 Å². The number of aromatic hydroxyl groups is 2. The van der Waals surface area contributed by atoms with Gasteiger partial charge >= 0.3 is 0 Å². The third-order valence-electron chi connectivity index (χ3n) is 2.71. The van der Waals surface area contributed by atoms with Crippen LogP contribution in [0.25, 0.3) is 0 Å². The van der Waals surface area contributed by atoms with Crippen molar-refractivity contribution in [2.45, 2.75) is 39.2 Å². The van der Waals surface area contributed by atoms with Crippen molar-refractivity contribution in [3.05, 3.63) is 23.8 Å². The van der Waals surface area contributed by atoms with E-state index in [2.05, 4.69) is 12.2 Å². The zero-order valence-electron chi connectivity index (χ0n) is 10.0. The normalized spacial score (nSPS) is 12.6. The molecule has 1 unspecified atom stereocenters. The molecule has 0 aromatic heterocycles. The minimum atomic E-state index is 0.0592. The lowest BCUT2D eigenvalue weighted by Crippen LogP contribution is -2.19. The van der Waals surface area contributed by atoms with Crippen molar-refractivity contribution in [1.29, 1.82) is 0 Å². The van der Waals surface area contributed by atoms with Crippen LogP contribution in [0.15, 0.2) is 18.2 Å². The van der Waals surface area contributed by atoms with E-state index in [4.69, 9.17) is 0 Å². The Morgan fingerprint density at radius 1 is 1.25 bits per heavy atom. The largest absolute Gasteiger partial charge is 0.508 e. The number of nitrogens with one attached hydrogen (secondary N) is 1. The van der Waals surface area contributed by atoms with Gasteiger partial charge in [-0.05, 0) is 38.1 Å². The minimum absolute atomic E-state index is 0.0592. The van der Waals surface area contributed by atoms with Crippen molar-refractivity contribution in [2.75, 3.05) is 6.54 Å². The molecule has 0 bridgehead atoms. The number of hydrogen-bond acceptors (Lipinski definition) is 3. The number of phenolic OH excluding ortho intramolecular Hbond substituents is 2. The van der Waals surface area contributed by atoms with Gasteiger partial charge in [-0.3, -0.25) is 0 Å². The first-order chi connectivity index (χ1) is 7.65. The fourth-order valence-electron chi connectivity index (χ4n) is 1.69. The molecule has 1 aromatic carbocycles. The van der Waals surface area contributed by atoms with Gasteiger partial charge in [-0.15, -0.1) is 0 Å². The summed E-state index contributed by atoms with van der Waals surface area (Å²) in [5.74, 6) is 0.420. The van der Waals surface area contributed by atoms with E-state index < -0.39 is 0 Å². The van der Waals surface area contributed by atoms with Crippen LogP contribution in [0.2, 0.25) is 0 Å². The van der Waals surface area contributed by atoms with Crippen LogP contribution >= 0.6 is 0 Å². The third-order valence-corrected chi connectivity index (χ3v) is 2.71. The lowest BCUT2D eigenvalue weighted by Gasteiger charge is -2.15. The summed E-state index contributed by atoms with van der Waals surface area (Å²) in [5, 5.41) is 22.3. The summed E-state index contributed by atoms with van der Waals surface area (Å²) < 4.78 is 0. The average Bonchev–Trinajstić information content (AvgIpc) is 2.27. The molecular weight excluding hydrogens is 202 g/mol. The molecule has 3 nitrogen and oxygen atoms in total. The van der Waals surface area contributed by atoms with Gasteiger partial charge in [0.05, 0.1) is 0 Å². The molecule has 0 fully saturated rings. The highest BCUT2D eigenvalue weighted by Crippen LogP contribution is 2.27. The lowest BCUT2D eigenvalue weighted by atomic mass is 10.1. The van der Waals surface area contributed by atoms with Crippen LogP contribution in [0.1, 0.15) is 44.7 Å². The van der Waals surface area contributed by atoms with E-state index in [1.165, 1.54) is 25.0 Å². The van der Waals surface area contributed by atoms with Gasteiger partial charge in [0.2, 0.25) is 0 Å². The first kappa shape index (κ1) is 12.8. The van der Waals surface area contributed by atoms with E-state index >= 15 is 0 Å². The third kappa shape index (κ3) is 3.74. The maximum Gasteiger partial charge on any atom is 0.120 e. The summed E-state index contributed by atoms with van der Waals surface area (Å²) in [6, 6.07) is 4.67. The van der Waals surface area contributed by atoms with Crippen molar-refractivity contribution < 1.29 is 10.2 Å². The molecule has 0 aliphatic rings. The number of benzene rings is 1. The quantitative estimate of drug-likeness (QED) is 0.513. The molecule has 0 saturated carbocycles. The van der Waals surface area contributed by atoms with Crippen LogP contribution in [0, 0.1) is 0 Å². The summed E-state index contributed by atoms with van der Waals surface area (Å²) in [4.78, 5) is 0. The second kappa shape index (κ2) is 6.38. The Hall–Kier alpha value is -1.22. The molecule has 0 heterocycles. The van der Waals surface area contributed by atoms with Gasteiger partial charge < -0.3 is 15.5 Å². The van der Waals surface area contributed by atoms with Crippen molar-refractivity contribution in [2.24, 2.45) is 0 Å². The fourth-order valence-corrected chi connectivity index (χ4v) is 1.69. The molecule has 0 aliphatic carbocycles. The Balaban J connectivity index is 2.51. The number of phenols is 2. The SMILES string of the molecule is CCCCCNC(C)c1cc(O)ccc1O. The number of unbranched alkanes of at least 4 members (excludes halogenated alkanes) is 2. The zero-order valence-corrected chi connectivity index (χ0v) is 10.0. The van der Waals surface area contributed by atoms with E-state index in [1.807, 2.05) is 6.92 Å². The van der Waals surface area contributed by atoms with E-state index in [0.29, 0.717) is 0 Å². The Bertz CT molecular complexity index is 326. The second-order valence-electron chi connectivity index (χ2n) is 4.13. The maximum atomic E-state index is 9.66. The molecule has 0 saturated heterocycles. The Kier molecular flexibility index (Phi) is 5.12. The molecule has 3 heteroatoms. The molecule has 90 valence electrons. The number of hydrogen-bond donors (Lipinski definition) is 3. The smallest absolute Gasteiger partial charge is 0.120 e. The Labute approximate surface area is 97.1 Å². The first-order valence-corrected chi connectivity index (χ1v) is 5.90. The first-order valence-electron chi connectivity index (χ1n) is 5.90. The predicted molar refractivity (Wildman–Crippen MR) is 65.7 cm³/mol. The Morgan fingerprint density at radius 2 is 2.00 bits per heavy atom. The van der Waals surface area contributed by atoms with Gasteiger partial charge in [-0.1, -0.05) is 19.8 Å². The summed E-state index contributed by atoms with van der Waals surface area (Å²) in [6.07, 6.45) is 3.56.